The molecule has 0 fully saturated rings. The highest BCUT2D eigenvalue weighted by Gasteiger charge is 2.12. The van der Waals surface area contributed by atoms with Gasteiger partial charge in [-0.05, 0) is 29.8 Å². The van der Waals surface area contributed by atoms with Gasteiger partial charge in [0.05, 0.1) is 40.0 Å². The summed E-state index contributed by atoms with van der Waals surface area (Å²) < 4.78 is 20.7. The second-order valence-electron chi connectivity index (χ2n) is 5.11. The van der Waals surface area contributed by atoms with Crippen molar-refractivity contribution in [3.8, 4) is 17.2 Å². The third-order valence-electron chi connectivity index (χ3n) is 3.51. The molecule has 0 saturated heterocycles. The Hall–Kier alpha value is -2.93. The quantitative estimate of drug-likeness (QED) is 0.711. The fourth-order valence-corrected chi connectivity index (χ4v) is 2.21. The van der Waals surface area contributed by atoms with Gasteiger partial charge in [0, 0.05) is 18.2 Å². The molecule has 0 aliphatic rings. The predicted molar refractivity (Wildman–Crippen MR) is 91.8 cm³/mol. The van der Waals surface area contributed by atoms with Gasteiger partial charge in [0.15, 0.2) is 11.5 Å². The zero-order chi connectivity index (χ0) is 18.2. The first-order valence-corrected chi connectivity index (χ1v) is 7.55. The summed E-state index contributed by atoms with van der Waals surface area (Å²) in [6, 6.07) is 5.10. The average molecular weight is 347 g/mol. The molecule has 1 atom stereocenters. The number of furan rings is 1. The zero-order valence-corrected chi connectivity index (χ0v) is 14.3. The molecule has 1 aromatic carbocycles. The fraction of sp³-hybridized carbons (Fsp3) is 0.278. The van der Waals surface area contributed by atoms with E-state index in [0.717, 1.165) is 0 Å². The van der Waals surface area contributed by atoms with Gasteiger partial charge in [0.2, 0.25) is 11.7 Å². The van der Waals surface area contributed by atoms with Gasteiger partial charge < -0.3 is 29.1 Å². The lowest BCUT2D eigenvalue weighted by molar-refractivity contribution is -0.116. The molecule has 2 aromatic rings. The summed E-state index contributed by atoms with van der Waals surface area (Å²) >= 11 is 0. The number of nitrogens with one attached hydrogen (secondary N) is 1. The summed E-state index contributed by atoms with van der Waals surface area (Å²) in [4.78, 5) is 11.9. The van der Waals surface area contributed by atoms with E-state index < -0.39 is 6.10 Å². The van der Waals surface area contributed by atoms with Crippen molar-refractivity contribution in [2.24, 2.45) is 0 Å². The molecule has 0 spiro atoms. The lowest BCUT2D eigenvalue weighted by atomic mass is 10.1. The first-order valence-electron chi connectivity index (χ1n) is 7.55. The van der Waals surface area contributed by atoms with Crippen LogP contribution in [0, 0.1) is 0 Å². The van der Waals surface area contributed by atoms with E-state index in [1.807, 2.05) is 0 Å². The lowest BCUT2D eigenvalue weighted by Gasteiger charge is -2.12. The maximum atomic E-state index is 11.9. The van der Waals surface area contributed by atoms with Gasteiger partial charge in [0.1, 0.15) is 0 Å². The number of benzene rings is 1. The van der Waals surface area contributed by atoms with E-state index in [-0.39, 0.29) is 12.5 Å². The van der Waals surface area contributed by atoms with Gasteiger partial charge in [-0.15, -0.1) is 0 Å². The summed E-state index contributed by atoms with van der Waals surface area (Å²) in [6.45, 7) is 0.0813. The third-order valence-corrected chi connectivity index (χ3v) is 3.51. The van der Waals surface area contributed by atoms with Crippen LogP contribution in [0.3, 0.4) is 0 Å². The topological polar surface area (TPSA) is 90.2 Å². The van der Waals surface area contributed by atoms with Crippen molar-refractivity contribution >= 4 is 12.0 Å². The molecule has 2 N–H and O–H groups in total. The highest BCUT2D eigenvalue weighted by molar-refractivity contribution is 5.91. The first-order chi connectivity index (χ1) is 12.1. The van der Waals surface area contributed by atoms with Gasteiger partial charge >= 0.3 is 0 Å². The average Bonchev–Trinajstić information content (AvgIpc) is 3.18. The minimum atomic E-state index is -0.822. The van der Waals surface area contributed by atoms with Crippen molar-refractivity contribution in [1.29, 1.82) is 0 Å². The van der Waals surface area contributed by atoms with Crippen LogP contribution in [0.2, 0.25) is 0 Å². The molecular formula is C18H21NO6. The molecule has 7 nitrogen and oxygen atoms in total. The van der Waals surface area contributed by atoms with Gasteiger partial charge in [-0.1, -0.05) is 0 Å². The molecule has 0 aliphatic carbocycles. The highest BCUT2D eigenvalue weighted by Crippen LogP contribution is 2.38. The van der Waals surface area contributed by atoms with E-state index in [9.17, 15) is 9.90 Å². The number of hydrogen-bond donors (Lipinski definition) is 2. The molecule has 0 saturated carbocycles. The molecule has 1 amide bonds. The largest absolute Gasteiger partial charge is 0.493 e. The lowest BCUT2D eigenvalue weighted by Crippen LogP contribution is -2.26. The number of carbonyl (C=O) groups excluding carboxylic acids is 1. The Kier molecular flexibility index (Phi) is 6.47. The molecule has 1 aromatic heterocycles. The number of aliphatic hydroxyl groups is 1. The highest BCUT2D eigenvalue weighted by atomic mass is 16.5. The van der Waals surface area contributed by atoms with Crippen molar-refractivity contribution in [3.05, 3.63) is 47.9 Å². The van der Waals surface area contributed by atoms with Crippen LogP contribution in [0.4, 0.5) is 0 Å². The molecule has 2 rings (SSSR count). The molecule has 25 heavy (non-hydrogen) atoms. The van der Waals surface area contributed by atoms with Crippen LogP contribution in [0.1, 0.15) is 17.2 Å². The monoisotopic (exact) mass is 347 g/mol. The van der Waals surface area contributed by atoms with Crippen LogP contribution in [-0.2, 0) is 4.79 Å². The number of carbonyl (C=O) groups is 1. The molecule has 0 unspecified atom stereocenters. The smallest absolute Gasteiger partial charge is 0.244 e. The zero-order valence-electron chi connectivity index (χ0n) is 14.3. The summed E-state index contributed by atoms with van der Waals surface area (Å²) in [5.41, 5.74) is 1.31. The van der Waals surface area contributed by atoms with Crippen molar-refractivity contribution in [1.82, 2.24) is 5.32 Å². The third kappa shape index (κ3) is 4.77. The Balaban J connectivity index is 2.01. The molecular weight excluding hydrogens is 326 g/mol. The Labute approximate surface area is 145 Å². The summed E-state index contributed by atoms with van der Waals surface area (Å²) in [7, 11) is 4.57. The molecule has 0 aliphatic heterocycles. The van der Waals surface area contributed by atoms with E-state index >= 15 is 0 Å². The van der Waals surface area contributed by atoms with Crippen molar-refractivity contribution in [3.63, 3.8) is 0 Å². The Morgan fingerprint density at radius 3 is 2.44 bits per heavy atom. The van der Waals surface area contributed by atoms with Crippen molar-refractivity contribution in [2.75, 3.05) is 27.9 Å². The summed E-state index contributed by atoms with van der Waals surface area (Å²) in [5, 5.41) is 12.5. The van der Waals surface area contributed by atoms with E-state index in [2.05, 4.69) is 5.32 Å². The van der Waals surface area contributed by atoms with Gasteiger partial charge in [-0.2, -0.15) is 0 Å². The number of ether oxygens (including phenoxy) is 3. The van der Waals surface area contributed by atoms with Crippen LogP contribution in [-0.4, -0.2) is 38.9 Å². The first kappa shape index (κ1) is 18.4. The fourth-order valence-electron chi connectivity index (χ4n) is 2.21. The maximum absolute atomic E-state index is 11.9. The minimum Gasteiger partial charge on any atom is -0.493 e. The van der Waals surface area contributed by atoms with Crippen molar-refractivity contribution in [2.45, 2.75) is 6.10 Å². The van der Waals surface area contributed by atoms with Gasteiger partial charge in [0.25, 0.3) is 0 Å². The van der Waals surface area contributed by atoms with E-state index in [0.29, 0.717) is 28.4 Å². The molecule has 0 bridgehead atoms. The number of rotatable bonds is 8. The van der Waals surface area contributed by atoms with Crippen LogP contribution >= 0.6 is 0 Å². The van der Waals surface area contributed by atoms with E-state index in [1.54, 1.807) is 24.3 Å². The number of methoxy groups -OCH3 is 3. The molecule has 134 valence electrons. The van der Waals surface area contributed by atoms with Crippen LogP contribution < -0.4 is 19.5 Å². The summed E-state index contributed by atoms with van der Waals surface area (Å²) in [6.07, 6.45) is 5.05. The molecule has 0 radical (unpaired) electrons. The van der Waals surface area contributed by atoms with Crippen LogP contribution in [0.25, 0.3) is 6.08 Å². The Bertz CT molecular complexity index is 698. The predicted octanol–water partition coefficient (Wildman–Crippen LogP) is 2.17. The van der Waals surface area contributed by atoms with E-state index in [1.165, 1.54) is 39.9 Å². The van der Waals surface area contributed by atoms with Gasteiger partial charge in [-0.25, -0.2) is 0 Å². The second-order valence-corrected chi connectivity index (χ2v) is 5.11. The summed E-state index contributed by atoms with van der Waals surface area (Å²) in [5.74, 6) is 1.14. The second kappa shape index (κ2) is 8.79. The molecule has 7 heteroatoms. The van der Waals surface area contributed by atoms with Crippen LogP contribution in [0.15, 0.2) is 41.2 Å². The number of amides is 1. The number of aliphatic hydroxyl groups excluding tert-OH is 1. The minimum absolute atomic E-state index is 0.0813. The number of hydrogen-bond acceptors (Lipinski definition) is 6. The standard InChI is InChI=1S/C18H21NO6/c1-22-15-8-12(9-16(23-2)18(15)24-3)4-5-17(21)19-10-14(20)13-6-7-25-11-13/h4-9,11,14,20H,10H2,1-3H3,(H,19,21)/b5-4+/t14-/m0/s1. The Morgan fingerprint density at radius 1 is 1.24 bits per heavy atom. The maximum Gasteiger partial charge on any atom is 0.244 e. The van der Waals surface area contributed by atoms with Crippen molar-refractivity contribution < 1.29 is 28.5 Å². The SMILES string of the molecule is COc1cc(/C=C/C(=O)NC[C@H](O)c2ccoc2)cc(OC)c1OC. The van der Waals surface area contributed by atoms with Gasteiger partial charge in [-0.3, -0.25) is 4.79 Å². The van der Waals surface area contributed by atoms with Crippen LogP contribution in [0.5, 0.6) is 17.2 Å². The molecule has 1 heterocycles. The van der Waals surface area contributed by atoms with E-state index in [4.69, 9.17) is 18.6 Å². The normalized spacial score (nSPS) is 12.0. The Morgan fingerprint density at radius 2 is 1.92 bits per heavy atom.